The van der Waals surface area contributed by atoms with Gasteiger partial charge in [-0.25, -0.2) is 4.98 Å². The number of amidine groups is 1. The molecule has 187 valence electrons. The van der Waals surface area contributed by atoms with Gasteiger partial charge in [-0.1, -0.05) is 88.9 Å². The van der Waals surface area contributed by atoms with E-state index in [1.54, 1.807) is 25.7 Å². The molecule has 3 aromatic rings. The van der Waals surface area contributed by atoms with Crippen LogP contribution in [-0.4, -0.2) is 42.4 Å². The molecule has 0 aliphatic rings. The molecule has 2 aromatic carbocycles. The molecule has 0 spiro atoms. The van der Waals surface area contributed by atoms with Gasteiger partial charge in [0, 0.05) is 10.8 Å². The first kappa shape index (κ1) is 31.5. The number of hydrogen-bond donors (Lipinski definition) is 0. The van der Waals surface area contributed by atoms with E-state index < -0.39 is 0 Å². The first-order valence-electron chi connectivity index (χ1n) is 11.4. The van der Waals surface area contributed by atoms with E-state index in [0.717, 1.165) is 36.8 Å². The van der Waals surface area contributed by atoms with Crippen molar-refractivity contribution in [1.29, 1.82) is 0 Å². The van der Waals surface area contributed by atoms with E-state index in [4.69, 9.17) is 16.5 Å². The number of unbranched alkanes of at least 4 members (excludes halogenated alkanes) is 1. The second-order valence-corrected chi connectivity index (χ2v) is 7.55. The molecule has 0 atom stereocenters. The Morgan fingerprint density at radius 3 is 1.73 bits per heavy atom. The zero-order valence-electron chi connectivity index (χ0n) is 20.3. The van der Waals surface area contributed by atoms with Crippen LogP contribution < -0.4 is 0 Å². The summed E-state index contributed by atoms with van der Waals surface area (Å²) in [4.78, 5) is 6.64. The maximum Gasteiger partial charge on any atom is -0.0916 e. The van der Waals surface area contributed by atoms with Crippen LogP contribution in [0, 0.1) is 0 Å². The van der Waals surface area contributed by atoms with E-state index in [9.17, 15) is 5.41 Å². The van der Waals surface area contributed by atoms with Gasteiger partial charge >= 0.3 is 28.2 Å². The SMILES string of the molecule is CC(=[N-])N(C)CCCc1c2ccccc2nc2ccccc12.CCCC.[Cl][Pt].[NH-]CCC[NH-]. The third kappa shape index (κ3) is 12.0. The van der Waals surface area contributed by atoms with E-state index in [1.807, 2.05) is 24.1 Å². The van der Waals surface area contributed by atoms with Gasteiger partial charge in [0.05, 0.1) is 11.0 Å². The fourth-order valence-corrected chi connectivity index (χ4v) is 2.94. The molecule has 1 aromatic heterocycles. The number of para-hydroxylation sites is 2. The fourth-order valence-electron chi connectivity index (χ4n) is 2.94. The largest absolute Gasteiger partial charge is 0.677 e. The maximum absolute atomic E-state index is 9.49. The second-order valence-electron chi connectivity index (χ2n) is 7.55. The Morgan fingerprint density at radius 2 is 1.36 bits per heavy atom. The van der Waals surface area contributed by atoms with Gasteiger partial charge in [0.1, 0.15) is 0 Å². The van der Waals surface area contributed by atoms with Crippen molar-refractivity contribution >= 4 is 37.1 Å². The summed E-state index contributed by atoms with van der Waals surface area (Å²) in [6.07, 6.45) is 5.33. The molecule has 0 aliphatic heterocycles. The second kappa shape index (κ2) is 19.9. The van der Waals surface area contributed by atoms with Crippen molar-refractivity contribution in [2.24, 2.45) is 0 Å². The molecule has 5 nitrogen and oxygen atoms in total. The van der Waals surface area contributed by atoms with Gasteiger partial charge in [-0.05, 0) is 37.5 Å². The van der Waals surface area contributed by atoms with Crippen molar-refractivity contribution in [3.8, 4) is 0 Å². The van der Waals surface area contributed by atoms with E-state index in [1.165, 1.54) is 29.2 Å². The molecule has 0 radical (unpaired) electrons. The standard InChI is InChI=1S/C19H20N3.C4H10.C3H8N2.ClH.Pt/c1-14(20)22(2)13-7-10-15-16-8-3-5-11-18(16)21-19-12-6-4-9-17(15)19;1-3-4-2;4-2-1-3-5;;/h3-6,8-9,11-12H,7,10,13H2,1-2H3;3-4H2,1-2H3;4-5H,1-3H2;1H;/q-1;;-2;;+1/p-1. The topological polar surface area (TPSA) is 86.0 Å². The number of hydrogen-bond acceptors (Lipinski definition) is 1. The number of rotatable bonds is 7. The molecule has 33 heavy (non-hydrogen) atoms. The molecule has 0 bridgehead atoms. The minimum atomic E-state index is 0.365. The van der Waals surface area contributed by atoms with Crippen LogP contribution in [-0.2, 0) is 25.2 Å². The average Bonchev–Trinajstić information content (AvgIpc) is 2.85. The number of nitrogens with one attached hydrogen (secondary N) is 2. The molecule has 2 N–H and O–H groups in total. The summed E-state index contributed by atoms with van der Waals surface area (Å²) in [7, 11) is 6.53. The Hall–Kier alpha value is -1.52. The monoisotopic (exact) mass is 650 g/mol. The van der Waals surface area contributed by atoms with Gasteiger partial charge in [0.25, 0.3) is 0 Å². The Labute approximate surface area is 215 Å². The first-order valence-corrected chi connectivity index (χ1v) is 14.2. The van der Waals surface area contributed by atoms with E-state index in [2.05, 4.69) is 59.7 Å². The van der Waals surface area contributed by atoms with Crippen LogP contribution in [0.15, 0.2) is 48.5 Å². The average molecular weight is 651 g/mol. The Morgan fingerprint density at radius 1 is 0.909 bits per heavy atom. The summed E-state index contributed by atoms with van der Waals surface area (Å²) in [5.74, 6) is 0.365. The Balaban J connectivity index is 0.000000787. The van der Waals surface area contributed by atoms with Gasteiger partial charge in [-0.2, -0.15) is 13.1 Å². The number of aromatic nitrogens is 1. The van der Waals surface area contributed by atoms with Crippen molar-refractivity contribution in [1.82, 2.24) is 9.88 Å². The van der Waals surface area contributed by atoms with Crippen molar-refractivity contribution < 1.29 is 18.8 Å². The predicted octanol–water partition coefficient (Wildman–Crippen LogP) is 8.21. The number of benzene rings is 2. The van der Waals surface area contributed by atoms with E-state index >= 15 is 0 Å². The molecule has 0 unspecified atom stereocenters. The molecular formula is C26H38ClN5Pt-3. The van der Waals surface area contributed by atoms with Crippen LogP contribution in [0.2, 0.25) is 0 Å². The molecule has 0 saturated carbocycles. The maximum atomic E-state index is 9.49. The predicted molar refractivity (Wildman–Crippen MR) is 144 cm³/mol. The molecule has 1 heterocycles. The zero-order chi connectivity index (χ0) is 25.1. The van der Waals surface area contributed by atoms with Crippen LogP contribution in [0.25, 0.3) is 38.7 Å². The number of fused-ring (bicyclic) bond motifs is 2. The zero-order valence-corrected chi connectivity index (χ0v) is 23.3. The number of halogens is 1. The molecule has 0 amide bonds. The van der Waals surface area contributed by atoms with Crippen molar-refractivity contribution in [3.63, 3.8) is 0 Å². The quantitative estimate of drug-likeness (QED) is 0.147. The molecule has 0 aliphatic carbocycles. The summed E-state index contributed by atoms with van der Waals surface area (Å²) in [5, 5.41) is 12.0. The summed E-state index contributed by atoms with van der Waals surface area (Å²) in [6.45, 7) is 7.73. The molecular weight excluding hydrogens is 613 g/mol. The molecule has 0 saturated heterocycles. The minimum Gasteiger partial charge on any atom is -0.677 e. The van der Waals surface area contributed by atoms with Gasteiger partial charge in [-0.3, -0.25) is 0 Å². The van der Waals surface area contributed by atoms with Gasteiger partial charge in [0.15, 0.2) is 0 Å². The van der Waals surface area contributed by atoms with Gasteiger partial charge < -0.3 is 21.8 Å². The number of nitrogens with zero attached hydrogens (tertiary/aromatic N) is 3. The Kier molecular flexibility index (Phi) is 19.0. The summed E-state index contributed by atoms with van der Waals surface area (Å²) in [5.41, 5.74) is 16.4. The van der Waals surface area contributed by atoms with Gasteiger partial charge in [-0.15, -0.1) is 0 Å². The van der Waals surface area contributed by atoms with Crippen LogP contribution in [0.1, 0.15) is 52.0 Å². The minimum absolute atomic E-state index is 0.365. The molecule has 3 rings (SSSR count). The van der Waals surface area contributed by atoms with Gasteiger partial charge in [0.2, 0.25) is 0 Å². The van der Waals surface area contributed by atoms with Crippen LogP contribution in [0.5, 0.6) is 0 Å². The van der Waals surface area contributed by atoms with Crippen molar-refractivity contribution in [2.45, 2.75) is 52.9 Å². The summed E-state index contributed by atoms with van der Waals surface area (Å²) >= 11 is 1.61. The normalized spacial score (nSPS) is 9.73. The van der Waals surface area contributed by atoms with Crippen LogP contribution in [0.3, 0.4) is 0 Å². The van der Waals surface area contributed by atoms with Crippen LogP contribution in [0.4, 0.5) is 0 Å². The first-order chi connectivity index (χ1) is 16.0. The van der Waals surface area contributed by atoms with E-state index in [-0.39, 0.29) is 0 Å². The molecule has 7 heteroatoms. The number of pyridine rings is 1. The third-order valence-electron chi connectivity index (χ3n) is 5.03. The van der Waals surface area contributed by atoms with Crippen molar-refractivity contribution in [2.75, 3.05) is 26.7 Å². The molecule has 0 fully saturated rings. The number of aryl methyl sites for hydroxylation is 1. The summed E-state index contributed by atoms with van der Waals surface area (Å²) < 4.78 is 0. The van der Waals surface area contributed by atoms with Crippen molar-refractivity contribution in [3.05, 3.63) is 71.0 Å². The Bertz CT molecular complexity index is 861. The smallest absolute Gasteiger partial charge is 0.0916 e. The third-order valence-corrected chi connectivity index (χ3v) is 5.03. The summed E-state index contributed by atoms with van der Waals surface area (Å²) in [6, 6.07) is 16.7. The van der Waals surface area contributed by atoms with Crippen LogP contribution >= 0.6 is 9.42 Å². The van der Waals surface area contributed by atoms with E-state index in [0.29, 0.717) is 18.9 Å². The fraction of sp³-hybridized carbons (Fsp3) is 0.462.